The number of amides is 2. The average molecular weight is 553 g/mol. The van der Waals surface area contributed by atoms with Gasteiger partial charge < -0.3 is 20.1 Å². The minimum Gasteiger partial charge on any atom is -0.449 e. The lowest BCUT2D eigenvalue weighted by Crippen LogP contribution is -2.44. The van der Waals surface area contributed by atoms with Crippen LogP contribution in [0.4, 0.5) is 9.59 Å². The second kappa shape index (κ2) is 11.2. The summed E-state index contributed by atoms with van der Waals surface area (Å²) in [6.07, 6.45) is 20.1. The van der Waals surface area contributed by atoms with E-state index in [1.54, 1.807) is 0 Å². The van der Waals surface area contributed by atoms with Crippen LogP contribution in [0, 0.1) is 46.3 Å². The van der Waals surface area contributed by atoms with Crippen molar-refractivity contribution in [2.24, 2.45) is 46.3 Å². The maximum Gasteiger partial charge on any atom is 0.407 e. The van der Waals surface area contributed by atoms with Gasteiger partial charge in [-0.05, 0) is 101 Å². The van der Waals surface area contributed by atoms with E-state index in [2.05, 4.69) is 48.8 Å². The molecule has 6 aliphatic rings. The first kappa shape index (κ1) is 27.8. The lowest BCUT2D eigenvalue weighted by Gasteiger charge is -2.38. The molecule has 0 radical (unpaired) electrons. The summed E-state index contributed by atoms with van der Waals surface area (Å²) in [5, 5.41) is 6.06. The molecule has 8 unspecified atom stereocenters. The van der Waals surface area contributed by atoms with Gasteiger partial charge in [-0.3, -0.25) is 4.79 Å². The Kier molecular flexibility index (Phi) is 7.77. The standard InChI is InChI=1S/C33H48N2O5/c1-21(25-5-3-6-25)34-30(37)39-19-32(15-23-9-11-27(32)13-23)17-29(36)18-33(16-24-10-12-28(33)14-24)20-40-31(38)35-22(2)26-7-4-8-26/h9-12,21-28H,3-8,13-20H2,1-2H3,(H,34,37)(H,35,38). The summed E-state index contributed by atoms with van der Waals surface area (Å²) < 4.78 is 11.7. The minimum atomic E-state index is -0.358. The van der Waals surface area contributed by atoms with Crippen LogP contribution in [0.2, 0.25) is 0 Å². The third kappa shape index (κ3) is 5.59. The fourth-order valence-electron chi connectivity index (χ4n) is 8.78. The first-order valence-corrected chi connectivity index (χ1v) is 16.0. The number of carbonyl (C=O) groups is 3. The molecule has 6 rings (SSSR count). The van der Waals surface area contributed by atoms with Crippen molar-refractivity contribution >= 4 is 18.0 Å². The van der Waals surface area contributed by atoms with E-state index < -0.39 is 0 Å². The molecule has 8 atom stereocenters. The Morgan fingerprint density at radius 3 is 1.45 bits per heavy atom. The van der Waals surface area contributed by atoms with Crippen LogP contribution in [-0.4, -0.2) is 43.3 Å². The first-order valence-electron chi connectivity index (χ1n) is 16.0. The number of carbonyl (C=O) groups excluding carboxylic acids is 3. The number of fused-ring (bicyclic) bond motifs is 4. The number of hydrogen-bond acceptors (Lipinski definition) is 5. The number of ketones is 1. The summed E-state index contributed by atoms with van der Waals surface area (Å²) in [5.41, 5.74) is -0.669. The third-order valence-corrected chi connectivity index (χ3v) is 11.7. The molecule has 6 aliphatic carbocycles. The topological polar surface area (TPSA) is 93.7 Å². The van der Waals surface area contributed by atoms with Crippen LogP contribution in [0.3, 0.4) is 0 Å². The molecule has 2 amide bonds. The number of alkyl carbamates (subject to hydrolysis) is 2. The van der Waals surface area contributed by atoms with Gasteiger partial charge in [0.25, 0.3) is 0 Å². The summed E-state index contributed by atoms with van der Waals surface area (Å²) in [6, 6.07) is 0.247. The normalized spacial score (nSPS) is 37.0. The van der Waals surface area contributed by atoms with Crippen molar-refractivity contribution in [3.05, 3.63) is 24.3 Å². The quantitative estimate of drug-likeness (QED) is 0.276. The highest BCUT2D eigenvalue weighted by atomic mass is 16.6. The highest BCUT2D eigenvalue weighted by Gasteiger charge is 2.54. The lowest BCUT2D eigenvalue weighted by atomic mass is 9.68. The Balaban J connectivity index is 1.07. The lowest BCUT2D eigenvalue weighted by molar-refractivity contribution is -0.126. The van der Waals surface area contributed by atoms with Crippen LogP contribution >= 0.6 is 0 Å². The fraction of sp³-hybridized carbons (Fsp3) is 0.788. The minimum absolute atomic E-state index is 0.123. The molecule has 0 aromatic rings. The van der Waals surface area contributed by atoms with Crippen molar-refractivity contribution in [1.82, 2.24) is 10.6 Å². The van der Waals surface area contributed by atoms with Gasteiger partial charge in [-0.25, -0.2) is 9.59 Å². The maximum atomic E-state index is 13.9. The second-order valence-corrected chi connectivity index (χ2v) is 14.4. The predicted molar refractivity (Wildman–Crippen MR) is 152 cm³/mol. The molecular formula is C33H48N2O5. The summed E-state index contributed by atoms with van der Waals surface area (Å²) in [6.45, 7) is 4.68. The van der Waals surface area contributed by atoms with Gasteiger partial charge in [-0.15, -0.1) is 0 Å². The Morgan fingerprint density at radius 2 is 1.15 bits per heavy atom. The Bertz CT molecular complexity index is 967. The summed E-state index contributed by atoms with van der Waals surface area (Å²) in [5.74, 6) is 2.76. The van der Waals surface area contributed by atoms with Gasteiger partial charge in [0, 0.05) is 35.8 Å². The Hall–Kier alpha value is -2.31. The van der Waals surface area contributed by atoms with Crippen LogP contribution in [0.25, 0.3) is 0 Å². The molecule has 0 aromatic heterocycles. The van der Waals surface area contributed by atoms with Crippen LogP contribution < -0.4 is 10.6 Å². The number of Topliss-reactive ketones (excluding diaryl/α,β-unsaturated/α-hetero) is 1. The van der Waals surface area contributed by atoms with Crippen LogP contribution in [0.15, 0.2) is 24.3 Å². The molecule has 0 aliphatic heterocycles. The van der Waals surface area contributed by atoms with Crippen molar-refractivity contribution in [3.63, 3.8) is 0 Å². The zero-order chi connectivity index (χ0) is 27.9. The zero-order valence-electron chi connectivity index (χ0n) is 24.4. The molecular weight excluding hydrogens is 504 g/mol. The molecule has 0 heterocycles. The molecule has 7 nitrogen and oxygen atoms in total. The second-order valence-electron chi connectivity index (χ2n) is 14.4. The van der Waals surface area contributed by atoms with Gasteiger partial charge in [0.15, 0.2) is 0 Å². The smallest absolute Gasteiger partial charge is 0.407 e. The van der Waals surface area contributed by atoms with Gasteiger partial charge >= 0.3 is 12.2 Å². The molecule has 4 bridgehead atoms. The number of nitrogens with one attached hydrogen (secondary N) is 2. The van der Waals surface area contributed by atoms with Gasteiger partial charge in [0.1, 0.15) is 5.78 Å². The number of ether oxygens (including phenoxy) is 2. The number of allylic oxidation sites excluding steroid dienone is 4. The summed E-state index contributed by atoms with van der Waals surface area (Å²) in [4.78, 5) is 39.3. The van der Waals surface area contributed by atoms with Crippen molar-refractivity contribution in [1.29, 1.82) is 0 Å². The largest absolute Gasteiger partial charge is 0.449 e. The third-order valence-electron chi connectivity index (χ3n) is 11.7. The van der Waals surface area contributed by atoms with E-state index in [4.69, 9.17) is 9.47 Å². The average Bonchev–Trinajstić information content (AvgIpc) is 3.61. The van der Waals surface area contributed by atoms with E-state index in [0.717, 1.165) is 51.4 Å². The van der Waals surface area contributed by atoms with Crippen LogP contribution in [0.5, 0.6) is 0 Å². The Labute approximate surface area is 239 Å². The Morgan fingerprint density at radius 1 is 0.725 bits per heavy atom. The van der Waals surface area contributed by atoms with Crippen molar-refractivity contribution in [3.8, 4) is 0 Å². The zero-order valence-corrected chi connectivity index (χ0v) is 24.4. The molecule has 0 spiro atoms. The highest BCUT2D eigenvalue weighted by molar-refractivity contribution is 5.80. The monoisotopic (exact) mass is 552 g/mol. The summed E-state index contributed by atoms with van der Waals surface area (Å²) in [7, 11) is 0. The maximum absolute atomic E-state index is 13.9. The molecule has 0 aromatic carbocycles. The number of hydrogen-bond donors (Lipinski definition) is 2. The van der Waals surface area contributed by atoms with Gasteiger partial charge in [0.05, 0.1) is 13.2 Å². The fourth-order valence-corrected chi connectivity index (χ4v) is 8.78. The molecule has 4 fully saturated rings. The molecule has 0 saturated heterocycles. The first-order chi connectivity index (χ1) is 19.2. The summed E-state index contributed by atoms with van der Waals surface area (Å²) >= 11 is 0. The van der Waals surface area contributed by atoms with Crippen LogP contribution in [0.1, 0.15) is 90.9 Å². The highest BCUT2D eigenvalue weighted by Crippen LogP contribution is 2.57. The van der Waals surface area contributed by atoms with Gasteiger partial charge in [0.2, 0.25) is 0 Å². The molecule has 40 heavy (non-hydrogen) atoms. The van der Waals surface area contributed by atoms with E-state index >= 15 is 0 Å². The van der Waals surface area contributed by atoms with Gasteiger partial charge in [-0.1, -0.05) is 37.1 Å². The number of rotatable bonds is 12. The van der Waals surface area contributed by atoms with E-state index in [1.165, 1.54) is 12.8 Å². The van der Waals surface area contributed by atoms with Crippen molar-refractivity contribution in [2.45, 2.75) is 103 Å². The van der Waals surface area contributed by atoms with Crippen molar-refractivity contribution < 1.29 is 23.9 Å². The van der Waals surface area contributed by atoms with E-state index in [9.17, 15) is 14.4 Å². The van der Waals surface area contributed by atoms with Crippen LogP contribution in [-0.2, 0) is 14.3 Å². The molecule has 7 heteroatoms. The van der Waals surface area contributed by atoms with Crippen molar-refractivity contribution in [2.75, 3.05) is 13.2 Å². The van der Waals surface area contributed by atoms with E-state index in [0.29, 0.717) is 36.5 Å². The van der Waals surface area contributed by atoms with Gasteiger partial charge in [-0.2, -0.15) is 0 Å². The van der Waals surface area contributed by atoms with E-state index in [1.807, 2.05) is 0 Å². The predicted octanol–water partition coefficient (Wildman–Crippen LogP) is 6.33. The molecule has 4 saturated carbocycles. The molecule has 220 valence electrons. The van der Waals surface area contributed by atoms with E-state index in [-0.39, 0.29) is 65.9 Å². The SMILES string of the molecule is CC(NC(=O)OCC1(CC(=O)CC2(COC(=O)NC(C)C3CCC3)CC3C=CC2C3)CC2C=CC1C2)C1CCC1. The molecule has 2 N–H and O–H groups in total.